The average Bonchev–Trinajstić information content (AvgIpc) is 2.90. The number of hydrogen-bond donors (Lipinski definition) is 2. The Labute approximate surface area is 128 Å². The molecule has 0 aliphatic heterocycles. The third-order valence-electron chi connectivity index (χ3n) is 3.85. The smallest absolute Gasteiger partial charge is 0.306 e. The predicted octanol–water partition coefficient (Wildman–Crippen LogP) is 2.35. The maximum atomic E-state index is 12.9. The van der Waals surface area contributed by atoms with Gasteiger partial charge in [0.1, 0.15) is 11.6 Å². The number of rotatable bonds is 5. The van der Waals surface area contributed by atoms with Gasteiger partial charge in [0, 0.05) is 6.04 Å². The number of aliphatic carboxylic acids is 1. The van der Waals surface area contributed by atoms with Crippen molar-refractivity contribution < 1.29 is 23.8 Å². The normalized spacial score (nSPS) is 21.4. The molecule has 0 heterocycles. The summed E-state index contributed by atoms with van der Waals surface area (Å²) in [4.78, 5) is 23.2. The molecule has 0 unspecified atom stereocenters. The van der Waals surface area contributed by atoms with Gasteiger partial charge in [-0.3, -0.25) is 9.59 Å². The van der Waals surface area contributed by atoms with E-state index in [1.165, 1.54) is 24.3 Å². The highest BCUT2D eigenvalue weighted by Crippen LogP contribution is 2.26. The van der Waals surface area contributed by atoms with Crippen molar-refractivity contribution in [3.63, 3.8) is 0 Å². The van der Waals surface area contributed by atoms with Gasteiger partial charge in [-0.2, -0.15) is 0 Å². The van der Waals surface area contributed by atoms with Crippen molar-refractivity contribution >= 4 is 11.9 Å². The summed E-state index contributed by atoms with van der Waals surface area (Å²) in [7, 11) is 0. The highest BCUT2D eigenvalue weighted by molar-refractivity contribution is 5.85. The molecule has 1 fully saturated rings. The SMILES string of the molecule is CC(C)(Oc1ccc(F)cc1)C(=O)N[C@@H]1CC[C@H](C(=O)O)C1. The lowest BCUT2D eigenvalue weighted by Gasteiger charge is -2.27. The minimum Gasteiger partial charge on any atom is -0.481 e. The molecule has 1 aliphatic carbocycles. The van der Waals surface area contributed by atoms with Crippen molar-refractivity contribution in [1.82, 2.24) is 5.32 Å². The zero-order valence-electron chi connectivity index (χ0n) is 12.6. The van der Waals surface area contributed by atoms with Crippen LogP contribution in [0.15, 0.2) is 24.3 Å². The Morgan fingerprint density at radius 2 is 1.91 bits per heavy atom. The van der Waals surface area contributed by atoms with E-state index in [2.05, 4.69) is 5.32 Å². The van der Waals surface area contributed by atoms with E-state index >= 15 is 0 Å². The number of carbonyl (C=O) groups excluding carboxylic acids is 1. The Morgan fingerprint density at radius 1 is 1.27 bits per heavy atom. The van der Waals surface area contributed by atoms with Gasteiger partial charge in [-0.1, -0.05) is 0 Å². The Balaban J connectivity index is 1.93. The Hall–Kier alpha value is -2.11. The fourth-order valence-corrected chi connectivity index (χ4v) is 2.54. The first-order chi connectivity index (χ1) is 10.3. The predicted molar refractivity (Wildman–Crippen MR) is 78.0 cm³/mol. The molecule has 6 heteroatoms. The molecule has 2 atom stereocenters. The number of benzene rings is 1. The van der Waals surface area contributed by atoms with Crippen LogP contribution in [0.4, 0.5) is 4.39 Å². The summed E-state index contributed by atoms with van der Waals surface area (Å²) in [5.41, 5.74) is -1.13. The maximum Gasteiger partial charge on any atom is 0.306 e. The standard InChI is InChI=1S/C16H20FNO4/c1-16(2,22-13-7-4-11(17)5-8-13)15(21)18-12-6-3-10(9-12)14(19)20/h4-5,7-8,10,12H,3,6,9H2,1-2H3,(H,18,21)(H,19,20)/t10-,12+/m0/s1. The largest absolute Gasteiger partial charge is 0.481 e. The summed E-state index contributed by atoms with van der Waals surface area (Å²) >= 11 is 0. The van der Waals surface area contributed by atoms with Crippen LogP contribution in [0.5, 0.6) is 5.75 Å². The topological polar surface area (TPSA) is 75.6 Å². The van der Waals surface area contributed by atoms with Gasteiger partial charge >= 0.3 is 5.97 Å². The molecule has 1 aromatic rings. The third kappa shape index (κ3) is 3.96. The van der Waals surface area contributed by atoms with E-state index in [9.17, 15) is 14.0 Å². The Kier molecular flexibility index (Phi) is 4.68. The van der Waals surface area contributed by atoms with Gasteiger partial charge in [-0.05, 0) is 57.4 Å². The molecule has 0 radical (unpaired) electrons. The van der Waals surface area contributed by atoms with E-state index in [-0.39, 0.29) is 17.8 Å². The molecule has 1 aromatic carbocycles. The fourth-order valence-electron chi connectivity index (χ4n) is 2.54. The Morgan fingerprint density at radius 3 is 2.45 bits per heavy atom. The van der Waals surface area contributed by atoms with Gasteiger partial charge in [-0.25, -0.2) is 4.39 Å². The van der Waals surface area contributed by atoms with Crippen LogP contribution in [-0.2, 0) is 9.59 Å². The number of nitrogens with one attached hydrogen (secondary N) is 1. The van der Waals surface area contributed by atoms with Crippen LogP contribution in [0.2, 0.25) is 0 Å². The van der Waals surface area contributed by atoms with Gasteiger partial charge in [0.25, 0.3) is 5.91 Å². The second kappa shape index (κ2) is 6.34. The first kappa shape index (κ1) is 16.3. The van der Waals surface area contributed by atoms with E-state index < -0.39 is 17.5 Å². The molecule has 120 valence electrons. The number of carboxylic acids is 1. The minimum absolute atomic E-state index is 0.148. The number of hydrogen-bond acceptors (Lipinski definition) is 3. The van der Waals surface area contributed by atoms with Crippen LogP contribution in [0.3, 0.4) is 0 Å². The van der Waals surface area contributed by atoms with E-state index in [4.69, 9.17) is 9.84 Å². The fraction of sp³-hybridized carbons (Fsp3) is 0.500. The number of carboxylic acid groups (broad SMARTS) is 1. The number of amides is 1. The first-order valence-corrected chi connectivity index (χ1v) is 7.26. The molecule has 0 saturated heterocycles. The summed E-state index contributed by atoms with van der Waals surface area (Å²) in [6.45, 7) is 3.24. The molecule has 0 spiro atoms. The van der Waals surface area contributed by atoms with Gasteiger partial charge < -0.3 is 15.2 Å². The molecular weight excluding hydrogens is 289 g/mol. The summed E-state index contributed by atoms with van der Waals surface area (Å²) in [5, 5.41) is 11.8. The van der Waals surface area contributed by atoms with Crippen molar-refractivity contribution in [3.05, 3.63) is 30.1 Å². The zero-order valence-corrected chi connectivity index (χ0v) is 12.6. The van der Waals surface area contributed by atoms with Crippen LogP contribution in [0, 0.1) is 11.7 Å². The summed E-state index contributed by atoms with van der Waals surface area (Å²) in [6, 6.07) is 5.29. The maximum absolute atomic E-state index is 12.9. The molecular formula is C16H20FNO4. The van der Waals surface area contributed by atoms with Crippen LogP contribution in [-0.4, -0.2) is 28.6 Å². The van der Waals surface area contributed by atoms with E-state index in [0.717, 1.165) is 0 Å². The summed E-state index contributed by atoms with van der Waals surface area (Å²) in [6.07, 6.45) is 1.66. The van der Waals surface area contributed by atoms with E-state index in [1.807, 2.05) is 0 Å². The van der Waals surface area contributed by atoms with Crippen molar-refractivity contribution in [3.8, 4) is 5.75 Å². The highest BCUT2D eigenvalue weighted by Gasteiger charge is 2.35. The lowest BCUT2D eigenvalue weighted by atomic mass is 10.1. The van der Waals surface area contributed by atoms with Gasteiger partial charge in [0.15, 0.2) is 5.60 Å². The molecule has 0 bridgehead atoms. The second-order valence-electron chi connectivity index (χ2n) is 6.08. The van der Waals surface area contributed by atoms with E-state index in [1.54, 1.807) is 13.8 Å². The number of halogens is 1. The summed E-state index contributed by atoms with van der Waals surface area (Å²) < 4.78 is 18.5. The molecule has 1 saturated carbocycles. The minimum atomic E-state index is -1.13. The molecule has 1 aliphatic rings. The van der Waals surface area contributed by atoms with Gasteiger partial charge in [0.2, 0.25) is 0 Å². The lowest BCUT2D eigenvalue weighted by molar-refractivity contribution is -0.142. The molecule has 0 aromatic heterocycles. The second-order valence-corrected chi connectivity index (χ2v) is 6.08. The first-order valence-electron chi connectivity index (χ1n) is 7.26. The molecule has 22 heavy (non-hydrogen) atoms. The average molecular weight is 309 g/mol. The van der Waals surface area contributed by atoms with Crippen LogP contribution in [0.25, 0.3) is 0 Å². The highest BCUT2D eigenvalue weighted by atomic mass is 19.1. The van der Waals surface area contributed by atoms with Crippen LogP contribution >= 0.6 is 0 Å². The molecule has 2 N–H and O–H groups in total. The third-order valence-corrected chi connectivity index (χ3v) is 3.85. The summed E-state index contributed by atoms with van der Waals surface area (Å²) in [5.74, 6) is -1.51. The van der Waals surface area contributed by atoms with Crippen molar-refractivity contribution in [2.45, 2.75) is 44.8 Å². The number of carbonyl (C=O) groups is 2. The van der Waals surface area contributed by atoms with Crippen LogP contribution in [0.1, 0.15) is 33.1 Å². The van der Waals surface area contributed by atoms with Gasteiger partial charge in [0.05, 0.1) is 5.92 Å². The van der Waals surface area contributed by atoms with E-state index in [0.29, 0.717) is 25.0 Å². The van der Waals surface area contributed by atoms with Gasteiger partial charge in [-0.15, -0.1) is 0 Å². The van der Waals surface area contributed by atoms with Crippen molar-refractivity contribution in [2.24, 2.45) is 5.92 Å². The Bertz CT molecular complexity index is 556. The quantitative estimate of drug-likeness (QED) is 0.875. The van der Waals surface area contributed by atoms with Crippen LogP contribution < -0.4 is 10.1 Å². The van der Waals surface area contributed by atoms with Crippen molar-refractivity contribution in [1.29, 1.82) is 0 Å². The van der Waals surface area contributed by atoms with Crippen molar-refractivity contribution in [2.75, 3.05) is 0 Å². The number of ether oxygens (including phenoxy) is 1. The monoisotopic (exact) mass is 309 g/mol. The molecule has 1 amide bonds. The molecule has 2 rings (SSSR count). The molecule has 5 nitrogen and oxygen atoms in total. The zero-order chi connectivity index (χ0) is 16.3. The lowest BCUT2D eigenvalue weighted by Crippen LogP contribution is -2.49.